The van der Waals surface area contributed by atoms with Gasteiger partial charge in [-0.05, 0) is 29.6 Å². The lowest BCUT2D eigenvalue weighted by atomic mass is 9.85. The number of hydrogen-bond donors (Lipinski definition) is 2. The van der Waals surface area contributed by atoms with Crippen LogP contribution in [0.5, 0.6) is 0 Å². The average molecular weight is 195 g/mol. The Morgan fingerprint density at radius 3 is 2.29 bits per heavy atom. The molecule has 2 nitrogen and oxygen atoms in total. The molecule has 0 unspecified atom stereocenters. The van der Waals surface area contributed by atoms with Gasteiger partial charge in [-0.2, -0.15) is 0 Å². The van der Waals surface area contributed by atoms with Gasteiger partial charge >= 0.3 is 0 Å². The van der Waals surface area contributed by atoms with Crippen molar-refractivity contribution in [2.75, 3.05) is 0 Å². The van der Waals surface area contributed by atoms with Gasteiger partial charge in [0.1, 0.15) is 0 Å². The maximum atomic E-state index is 8.60. The molecule has 0 aromatic carbocycles. The predicted octanol–water partition coefficient (Wildman–Crippen LogP) is 3.28. The largest absolute Gasteiger partial charge is 0.516 e. The zero-order chi connectivity index (χ0) is 11.2. The summed E-state index contributed by atoms with van der Waals surface area (Å²) in [6.45, 7) is 8.37. The number of rotatable bonds is 3. The minimum atomic E-state index is 0.0410. The van der Waals surface area contributed by atoms with Crippen molar-refractivity contribution in [2.24, 2.45) is 11.1 Å². The van der Waals surface area contributed by atoms with Gasteiger partial charge in [-0.1, -0.05) is 33.8 Å². The number of nitrogens with two attached hydrogens (primary N) is 1. The molecular weight excluding hydrogens is 174 g/mol. The van der Waals surface area contributed by atoms with E-state index >= 15 is 0 Å². The second-order valence-electron chi connectivity index (χ2n) is 4.29. The molecule has 0 aliphatic rings. The molecule has 0 aromatic heterocycles. The Morgan fingerprint density at radius 2 is 1.93 bits per heavy atom. The van der Waals surface area contributed by atoms with Crippen LogP contribution in [-0.2, 0) is 0 Å². The number of aliphatic hydroxyl groups is 1. The summed E-state index contributed by atoms with van der Waals surface area (Å²) in [5, 5.41) is 8.60. The van der Waals surface area contributed by atoms with E-state index in [0.29, 0.717) is 0 Å². The maximum absolute atomic E-state index is 8.60. The van der Waals surface area contributed by atoms with E-state index in [1.165, 1.54) is 0 Å². The first-order valence-corrected chi connectivity index (χ1v) is 4.89. The highest BCUT2D eigenvalue weighted by molar-refractivity contribution is 5.30. The van der Waals surface area contributed by atoms with Crippen LogP contribution in [-0.4, -0.2) is 5.11 Å². The van der Waals surface area contributed by atoms with Crippen LogP contribution in [0, 0.1) is 5.41 Å². The zero-order valence-corrected chi connectivity index (χ0v) is 9.54. The van der Waals surface area contributed by atoms with Crippen LogP contribution in [0.1, 0.15) is 34.1 Å². The molecule has 0 aromatic rings. The highest BCUT2D eigenvalue weighted by Crippen LogP contribution is 2.27. The maximum Gasteiger partial charge on any atom is 0.0791 e. The molecule has 0 radical (unpaired) electrons. The molecule has 80 valence electrons. The smallest absolute Gasteiger partial charge is 0.0791 e. The van der Waals surface area contributed by atoms with Crippen LogP contribution in [0.4, 0.5) is 0 Å². The van der Waals surface area contributed by atoms with E-state index < -0.39 is 0 Å². The van der Waals surface area contributed by atoms with Gasteiger partial charge in [-0.25, -0.2) is 0 Å². The van der Waals surface area contributed by atoms with Crippen LogP contribution in [0.15, 0.2) is 35.8 Å². The fraction of sp³-hybridized carbons (Fsp3) is 0.500. The van der Waals surface area contributed by atoms with Gasteiger partial charge in [-0.15, -0.1) is 0 Å². The van der Waals surface area contributed by atoms with Gasteiger partial charge in [0.2, 0.25) is 0 Å². The molecule has 0 amide bonds. The lowest BCUT2D eigenvalue weighted by molar-refractivity contribution is 0.473. The molecule has 0 spiro atoms. The van der Waals surface area contributed by atoms with Crippen molar-refractivity contribution in [1.82, 2.24) is 0 Å². The lowest BCUT2D eigenvalue weighted by Crippen LogP contribution is -2.09. The monoisotopic (exact) mass is 195 g/mol. The molecule has 3 N–H and O–H groups in total. The molecule has 0 rings (SSSR count). The standard InChI is InChI=1S/C12H21NO/c1-5-11(13)9-10(7-6-8-14)12(2,3)4/h6-9,14H,5,13H2,1-4H3/b8-6+,10-7+,11-9+. The fourth-order valence-corrected chi connectivity index (χ4v) is 0.963. The summed E-state index contributed by atoms with van der Waals surface area (Å²) in [5.74, 6) is 0. The van der Waals surface area contributed by atoms with Crippen molar-refractivity contribution in [3.63, 3.8) is 0 Å². The van der Waals surface area contributed by atoms with Gasteiger partial charge in [0.05, 0.1) is 6.26 Å². The topological polar surface area (TPSA) is 46.2 Å². The normalized spacial score (nSPS) is 15.1. The van der Waals surface area contributed by atoms with Gasteiger partial charge < -0.3 is 10.8 Å². The molecule has 0 saturated carbocycles. The molecule has 0 fully saturated rings. The third-order valence-corrected chi connectivity index (χ3v) is 1.98. The molecule has 0 heterocycles. The number of hydrogen-bond acceptors (Lipinski definition) is 2. The lowest BCUT2D eigenvalue weighted by Gasteiger charge is -2.20. The summed E-state index contributed by atoms with van der Waals surface area (Å²) in [6.07, 6.45) is 7.33. The van der Waals surface area contributed by atoms with Gasteiger partial charge in [0, 0.05) is 5.70 Å². The minimum Gasteiger partial charge on any atom is -0.516 e. The molecule has 2 heteroatoms. The van der Waals surface area contributed by atoms with Crippen LogP contribution in [0.2, 0.25) is 0 Å². The van der Waals surface area contributed by atoms with Crippen molar-refractivity contribution in [3.8, 4) is 0 Å². The molecule has 0 atom stereocenters. The summed E-state index contributed by atoms with van der Waals surface area (Å²) in [4.78, 5) is 0. The number of allylic oxidation sites excluding steroid dienone is 5. The summed E-state index contributed by atoms with van der Waals surface area (Å²) >= 11 is 0. The predicted molar refractivity (Wildman–Crippen MR) is 61.9 cm³/mol. The third kappa shape index (κ3) is 4.75. The molecule has 0 aliphatic carbocycles. The van der Waals surface area contributed by atoms with Crippen molar-refractivity contribution in [2.45, 2.75) is 34.1 Å². The van der Waals surface area contributed by atoms with E-state index in [1.807, 2.05) is 19.1 Å². The molecular formula is C12H21NO. The second-order valence-corrected chi connectivity index (χ2v) is 4.29. The van der Waals surface area contributed by atoms with Crippen LogP contribution in [0.3, 0.4) is 0 Å². The highest BCUT2D eigenvalue weighted by Gasteiger charge is 2.14. The highest BCUT2D eigenvalue weighted by atomic mass is 16.2. The molecule has 0 bridgehead atoms. The fourth-order valence-electron chi connectivity index (χ4n) is 0.963. The minimum absolute atomic E-state index is 0.0410. The van der Waals surface area contributed by atoms with E-state index in [1.54, 1.807) is 6.08 Å². The van der Waals surface area contributed by atoms with E-state index in [9.17, 15) is 0 Å². The number of aliphatic hydroxyl groups excluding tert-OH is 1. The summed E-state index contributed by atoms with van der Waals surface area (Å²) in [5.41, 5.74) is 7.79. The molecule has 14 heavy (non-hydrogen) atoms. The Morgan fingerprint density at radius 1 is 1.36 bits per heavy atom. The summed E-state index contributed by atoms with van der Waals surface area (Å²) in [7, 11) is 0. The van der Waals surface area contributed by atoms with E-state index in [2.05, 4.69) is 20.8 Å². The SMILES string of the molecule is CC\C(N)=C/C(=C\C=C\O)C(C)(C)C. The Balaban J connectivity index is 4.94. The first kappa shape index (κ1) is 12.8. The van der Waals surface area contributed by atoms with Crippen LogP contribution >= 0.6 is 0 Å². The van der Waals surface area contributed by atoms with Crippen molar-refractivity contribution < 1.29 is 5.11 Å². The van der Waals surface area contributed by atoms with Crippen LogP contribution < -0.4 is 5.73 Å². The van der Waals surface area contributed by atoms with Crippen molar-refractivity contribution in [3.05, 3.63) is 35.8 Å². The Labute approximate surface area is 86.8 Å². The van der Waals surface area contributed by atoms with Crippen molar-refractivity contribution in [1.29, 1.82) is 0 Å². The summed E-state index contributed by atoms with van der Waals surface area (Å²) in [6, 6.07) is 0. The second kappa shape index (κ2) is 5.53. The Bertz CT molecular complexity index is 254. The molecule has 0 aliphatic heterocycles. The van der Waals surface area contributed by atoms with Gasteiger partial charge in [0.15, 0.2) is 0 Å². The van der Waals surface area contributed by atoms with E-state index in [-0.39, 0.29) is 5.41 Å². The van der Waals surface area contributed by atoms with E-state index in [4.69, 9.17) is 10.8 Å². The quantitative estimate of drug-likeness (QED) is 0.536. The Kier molecular flexibility index (Phi) is 5.06. The Hall–Kier alpha value is -1.18. The van der Waals surface area contributed by atoms with Crippen molar-refractivity contribution >= 4 is 0 Å². The van der Waals surface area contributed by atoms with Crippen LogP contribution in [0.25, 0.3) is 0 Å². The molecule has 0 saturated heterocycles. The third-order valence-electron chi connectivity index (χ3n) is 1.98. The average Bonchev–Trinajstić information content (AvgIpc) is 2.09. The van der Waals surface area contributed by atoms with E-state index in [0.717, 1.165) is 24.0 Å². The van der Waals surface area contributed by atoms with Gasteiger partial charge in [0.25, 0.3) is 0 Å². The first-order valence-electron chi connectivity index (χ1n) is 4.89. The summed E-state index contributed by atoms with van der Waals surface area (Å²) < 4.78 is 0. The zero-order valence-electron chi connectivity index (χ0n) is 9.54. The first-order chi connectivity index (χ1) is 6.41. The van der Waals surface area contributed by atoms with Gasteiger partial charge in [-0.3, -0.25) is 0 Å².